The molecule has 0 spiro atoms. The molecule has 2 aliphatic heterocycles. The van der Waals surface area contributed by atoms with E-state index in [9.17, 15) is 28.9 Å². The predicted molar refractivity (Wildman–Crippen MR) is 200 cm³/mol. The number of amides is 2. The van der Waals surface area contributed by atoms with Gasteiger partial charge in [-0.1, -0.05) is 30.4 Å². The normalized spacial score (nSPS) is 30.7. The number of aliphatic hydroxyl groups excluding tert-OH is 1. The highest BCUT2D eigenvalue weighted by molar-refractivity contribution is 8.44. The first kappa shape index (κ1) is 40.3. The molecule has 25 heteroatoms. The molecule has 3 fully saturated rings. The molecule has 1 saturated carbocycles. The van der Waals surface area contributed by atoms with Gasteiger partial charge in [0.25, 0.3) is 11.5 Å². The van der Waals surface area contributed by atoms with Crippen molar-refractivity contribution < 1.29 is 56.5 Å². The third-order valence-electron chi connectivity index (χ3n) is 9.21. The fourth-order valence-corrected chi connectivity index (χ4v) is 9.61. The number of nitrogens with one attached hydrogen (secondary N) is 2. The summed E-state index contributed by atoms with van der Waals surface area (Å²) in [6, 6.07) is 8.08. The van der Waals surface area contributed by atoms with E-state index in [-0.39, 0.29) is 42.2 Å². The summed E-state index contributed by atoms with van der Waals surface area (Å²) < 4.78 is 54.9. The Morgan fingerprint density at radius 3 is 2.73 bits per heavy atom. The molecule has 300 valence electrons. The zero-order valence-electron chi connectivity index (χ0n) is 29.5. The van der Waals surface area contributed by atoms with Crippen molar-refractivity contribution in [3.63, 3.8) is 0 Å². The first-order chi connectivity index (χ1) is 26.7. The van der Waals surface area contributed by atoms with Crippen molar-refractivity contribution in [2.24, 2.45) is 5.92 Å². The number of aliphatic hydroxyl groups is 1. The molecule has 1 aliphatic carbocycles. The fraction of sp³-hybridized carbons (Fsp3) is 0.452. The second kappa shape index (κ2) is 16.5. The third-order valence-corrected chi connectivity index (χ3v) is 12.4. The summed E-state index contributed by atoms with van der Waals surface area (Å²) in [6.07, 6.45) is -2.89. The second-order valence-corrected chi connectivity index (χ2v) is 18.7. The number of H-pyrrole nitrogens is 1. The Bertz CT molecular complexity index is 2250. The molecule has 2 amide bonds. The van der Waals surface area contributed by atoms with Crippen LogP contribution in [0.3, 0.4) is 0 Å². The van der Waals surface area contributed by atoms with Crippen LogP contribution in [0.25, 0.3) is 11.2 Å². The summed E-state index contributed by atoms with van der Waals surface area (Å²) in [4.78, 5) is 70.0. The molecule has 2 bridgehead atoms. The van der Waals surface area contributed by atoms with E-state index in [0.29, 0.717) is 17.9 Å². The zero-order valence-corrected chi connectivity index (χ0v) is 33.0. The monoisotopic (exact) mass is 854 g/mol. The number of fused-ring (bicyclic) bond motifs is 4. The molecule has 7 rings (SSSR count). The number of nitrogens with zero attached hydrogens (tertiary/aromatic N) is 6. The number of benzene rings is 1. The van der Waals surface area contributed by atoms with Gasteiger partial charge in [0.1, 0.15) is 30.7 Å². The summed E-state index contributed by atoms with van der Waals surface area (Å²) in [5, 5.41) is 14.0. The van der Waals surface area contributed by atoms with Gasteiger partial charge in [-0.15, -0.1) is 0 Å². The van der Waals surface area contributed by atoms with E-state index in [1.54, 1.807) is 24.3 Å². The maximum absolute atomic E-state index is 13.8. The standard InChI is InChI=1S/C31H36N8O13P2S2/c1-38(31(43)46-2)11-16-5-3-4-6-19(16)27(41)36-30-35-26-23(28(42)37-30)34-15-39(26)29-25-24(40)21(50-29)13-48-53(44,55)51-20-10-18(49-22-7-8-32-14-33-22)9-17(20)12-47-54(45,56)52-25/h3-8,14-15,17-18,20-21,24-25,29,40H,9-13H2,1-2H3,(H,44,55)(H,45,56)(H2,35,36,37,41,42)/t17-,18-,20+,21?,24-,25-,29-,53?,54?/m1/s1. The van der Waals surface area contributed by atoms with E-state index in [1.165, 1.54) is 48.5 Å². The van der Waals surface area contributed by atoms with Gasteiger partial charge < -0.3 is 42.7 Å². The number of carbonyl (C=O) groups excluding carboxylic acids is 2. The van der Waals surface area contributed by atoms with Crippen LogP contribution in [0.5, 0.6) is 5.88 Å². The van der Waals surface area contributed by atoms with Crippen molar-refractivity contribution >= 4 is 66.7 Å². The largest absolute Gasteiger partial charge is 0.474 e. The Morgan fingerprint density at radius 1 is 1.16 bits per heavy atom. The van der Waals surface area contributed by atoms with E-state index in [1.807, 2.05) is 0 Å². The number of aromatic nitrogens is 6. The number of imidazole rings is 1. The van der Waals surface area contributed by atoms with E-state index in [4.69, 9.17) is 44.1 Å². The molecule has 1 aromatic carbocycles. The number of rotatable bonds is 7. The highest BCUT2D eigenvalue weighted by Crippen LogP contribution is 2.58. The molecule has 56 heavy (non-hydrogen) atoms. The van der Waals surface area contributed by atoms with Crippen LogP contribution in [0, 0.1) is 5.92 Å². The Morgan fingerprint density at radius 2 is 1.96 bits per heavy atom. The van der Waals surface area contributed by atoms with Gasteiger partial charge in [-0.25, -0.2) is 24.3 Å². The third kappa shape index (κ3) is 8.98. The lowest BCUT2D eigenvalue weighted by molar-refractivity contribution is -0.0502. The van der Waals surface area contributed by atoms with Crippen LogP contribution in [0.2, 0.25) is 0 Å². The van der Waals surface area contributed by atoms with Gasteiger partial charge in [0, 0.05) is 43.8 Å². The first-order valence-corrected chi connectivity index (χ1v) is 22.2. The minimum Gasteiger partial charge on any atom is -0.474 e. The van der Waals surface area contributed by atoms with Gasteiger partial charge in [0.05, 0.1) is 32.8 Å². The Labute approximate surface area is 327 Å². The van der Waals surface area contributed by atoms with Crippen molar-refractivity contribution in [1.29, 1.82) is 0 Å². The summed E-state index contributed by atoms with van der Waals surface area (Å²) in [5.41, 5.74) is -0.379. The molecule has 4 aromatic rings. The van der Waals surface area contributed by atoms with Crippen molar-refractivity contribution in [2.45, 2.75) is 56.1 Å². The van der Waals surface area contributed by atoms with Gasteiger partial charge in [-0.2, -0.15) is 4.98 Å². The number of hydrogen-bond donors (Lipinski definition) is 5. The minimum atomic E-state index is -4.29. The highest BCUT2D eigenvalue weighted by atomic mass is 32.7. The molecule has 9 atom stereocenters. The maximum atomic E-state index is 13.8. The highest BCUT2D eigenvalue weighted by Gasteiger charge is 2.51. The summed E-state index contributed by atoms with van der Waals surface area (Å²) in [6.45, 7) is -8.96. The van der Waals surface area contributed by atoms with Crippen LogP contribution in [0.1, 0.15) is 35.0 Å². The number of aromatic amines is 1. The van der Waals surface area contributed by atoms with E-state index >= 15 is 0 Å². The van der Waals surface area contributed by atoms with Crippen molar-refractivity contribution in [1.82, 2.24) is 34.4 Å². The first-order valence-electron chi connectivity index (χ1n) is 16.9. The fourth-order valence-electron chi connectivity index (χ4n) is 6.60. The van der Waals surface area contributed by atoms with E-state index in [0.717, 1.165) is 0 Å². The quantitative estimate of drug-likeness (QED) is 0.132. The summed E-state index contributed by atoms with van der Waals surface area (Å²) >= 11 is 9.52. The van der Waals surface area contributed by atoms with Gasteiger partial charge in [-0.05, 0) is 29.9 Å². The molecule has 0 radical (unpaired) electrons. The predicted octanol–water partition coefficient (Wildman–Crippen LogP) is 2.55. The van der Waals surface area contributed by atoms with Crippen LogP contribution < -0.4 is 15.6 Å². The van der Waals surface area contributed by atoms with Crippen LogP contribution >= 0.6 is 25.8 Å². The molecule has 21 nitrogen and oxygen atoms in total. The van der Waals surface area contributed by atoms with Crippen LogP contribution in [-0.4, -0.2) is 114 Å². The SMILES string of the molecule is COC(=O)N(C)Cc1ccccc1C(=O)Nc1nc2c(ncn2[C@@H]2OC3COP(O)(=S)O[C@H]4C[C@H](Oc5ccncn5)C[C@@H]4COP(=O)(S)O[C@@H]2[C@@H]3O)c(=O)[nH]1. The van der Waals surface area contributed by atoms with Crippen LogP contribution in [0.4, 0.5) is 10.7 Å². The lowest BCUT2D eigenvalue weighted by Crippen LogP contribution is -2.35. The molecular weight excluding hydrogens is 818 g/mol. The minimum absolute atomic E-state index is 0.0373. The smallest absolute Gasteiger partial charge is 0.409 e. The van der Waals surface area contributed by atoms with Crippen molar-refractivity contribution in [3.8, 4) is 5.88 Å². The second-order valence-electron chi connectivity index (χ2n) is 13.0. The number of thiol groups is 1. The Balaban J connectivity index is 1.14. The summed E-state index contributed by atoms with van der Waals surface area (Å²) in [5.74, 6) is -1.13. The average Bonchev–Trinajstić information content (AvgIpc) is 3.84. The summed E-state index contributed by atoms with van der Waals surface area (Å²) in [7, 11) is 2.74. The van der Waals surface area contributed by atoms with Gasteiger partial charge in [0.15, 0.2) is 17.4 Å². The number of carbonyl (C=O) groups is 2. The Kier molecular flexibility index (Phi) is 11.9. The van der Waals surface area contributed by atoms with Crippen molar-refractivity contribution in [2.75, 3.05) is 32.7 Å². The van der Waals surface area contributed by atoms with E-state index < -0.39 is 80.3 Å². The van der Waals surface area contributed by atoms with Crippen LogP contribution in [-0.2, 0) is 50.5 Å². The van der Waals surface area contributed by atoms with Gasteiger partial charge in [-0.3, -0.25) is 29.0 Å². The topological polar surface area (TPSA) is 261 Å². The molecule has 3 aromatic heterocycles. The molecule has 3 aliphatic rings. The molecular formula is C31H36N8O13P2S2. The average molecular weight is 855 g/mol. The molecule has 2 saturated heterocycles. The van der Waals surface area contributed by atoms with E-state index in [2.05, 4.69) is 42.5 Å². The number of ether oxygens (including phenoxy) is 3. The lowest BCUT2D eigenvalue weighted by atomic mass is 10.1. The number of methoxy groups -OCH3 is 1. The molecule has 5 heterocycles. The van der Waals surface area contributed by atoms with Gasteiger partial charge in [0.2, 0.25) is 11.8 Å². The lowest BCUT2D eigenvalue weighted by Gasteiger charge is -2.27. The van der Waals surface area contributed by atoms with Gasteiger partial charge >= 0.3 is 19.6 Å². The Hall–Kier alpha value is -3.86. The molecule has 4 N–H and O–H groups in total. The maximum Gasteiger partial charge on any atom is 0.409 e. The number of hydrogen-bond acceptors (Lipinski definition) is 17. The van der Waals surface area contributed by atoms with Crippen LogP contribution in [0.15, 0.2) is 54.0 Å². The molecule has 3 unspecified atom stereocenters. The number of anilines is 1. The van der Waals surface area contributed by atoms with Crippen molar-refractivity contribution in [3.05, 3.63) is 70.7 Å². The zero-order chi connectivity index (χ0) is 39.8.